The summed E-state index contributed by atoms with van der Waals surface area (Å²) >= 11 is 0. The molecular weight excluding hydrogens is 510 g/mol. The summed E-state index contributed by atoms with van der Waals surface area (Å²) in [6, 6.07) is 11.1. The number of carbonyl (C=O) groups is 2. The van der Waals surface area contributed by atoms with E-state index in [4.69, 9.17) is 14.2 Å². The molecule has 38 heavy (non-hydrogen) atoms. The predicted molar refractivity (Wildman–Crippen MR) is 147 cm³/mol. The molecule has 0 radical (unpaired) electrons. The second-order valence-corrected chi connectivity index (χ2v) is 10.7. The van der Waals surface area contributed by atoms with Crippen LogP contribution in [0.5, 0.6) is 17.2 Å². The number of hydrogen-bond acceptors (Lipinski definition) is 7. The number of unbranched alkanes of at least 4 members (excludes halogenated alkanes) is 1. The minimum absolute atomic E-state index is 0.107. The molecule has 11 heteroatoms. The van der Waals surface area contributed by atoms with Gasteiger partial charge in [0, 0.05) is 19.2 Å². The van der Waals surface area contributed by atoms with Crippen LogP contribution in [0.4, 0.5) is 5.69 Å². The number of nitrogens with zero attached hydrogens (tertiary/aromatic N) is 2. The molecule has 0 unspecified atom stereocenters. The molecule has 2 rings (SSSR count). The van der Waals surface area contributed by atoms with Crippen molar-refractivity contribution in [2.45, 2.75) is 45.7 Å². The summed E-state index contributed by atoms with van der Waals surface area (Å²) < 4.78 is 42.6. The Labute approximate surface area is 225 Å². The van der Waals surface area contributed by atoms with Crippen LogP contribution in [-0.4, -0.2) is 71.8 Å². The fourth-order valence-corrected chi connectivity index (χ4v) is 4.78. The highest BCUT2D eigenvalue weighted by atomic mass is 32.2. The van der Waals surface area contributed by atoms with Crippen molar-refractivity contribution in [3.05, 3.63) is 48.0 Å². The Morgan fingerprint density at radius 3 is 2.11 bits per heavy atom. The molecular formula is C27H39N3O7S. The van der Waals surface area contributed by atoms with Crippen molar-refractivity contribution in [3.63, 3.8) is 0 Å². The number of sulfonamides is 1. The van der Waals surface area contributed by atoms with E-state index in [1.54, 1.807) is 43.5 Å². The quantitative estimate of drug-likeness (QED) is 0.339. The van der Waals surface area contributed by atoms with Gasteiger partial charge in [0.05, 0.1) is 33.3 Å². The Hall–Kier alpha value is -3.47. The number of rotatable bonds is 15. The zero-order valence-electron chi connectivity index (χ0n) is 23.0. The summed E-state index contributed by atoms with van der Waals surface area (Å²) in [4.78, 5) is 28.4. The number of ether oxygens (including phenoxy) is 3. The first-order valence-electron chi connectivity index (χ1n) is 12.5. The second kappa shape index (κ2) is 14.5. The Morgan fingerprint density at radius 1 is 0.947 bits per heavy atom. The van der Waals surface area contributed by atoms with Gasteiger partial charge in [-0.3, -0.25) is 13.9 Å². The van der Waals surface area contributed by atoms with Crippen LogP contribution in [0.15, 0.2) is 42.5 Å². The molecule has 0 fully saturated rings. The number of anilines is 1. The van der Waals surface area contributed by atoms with E-state index in [1.165, 1.54) is 25.2 Å². The third kappa shape index (κ3) is 8.27. The van der Waals surface area contributed by atoms with Crippen LogP contribution in [0.1, 0.15) is 38.7 Å². The molecule has 2 aromatic rings. The SMILES string of the molecule is CCCCNC(=O)[C@@H](CC)N(Cc1ccc(OC)cc1)C(=O)CN(c1cc(OC)ccc1OC)S(C)(=O)=O. The lowest BCUT2D eigenvalue weighted by atomic mass is 10.1. The molecule has 0 aliphatic carbocycles. The maximum atomic E-state index is 13.8. The van der Waals surface area contributed by atoms with E-state index in [1.807, 2.05) is 13.8 Å². The Bertz CT molecular complexity index is 1170. The van der Waals surface area contributed by atoms with E-state index >= 15 is 0 Å². The lowest BCUT2D eigenvalue weighted by molar-refractivity contribution is -0.140. The number of methoxy groups -OCH3 is 3. The highest BCUT2D eigenvalue weighted by Crippen LogP contribution is 2.34. The van der Waals surface area contributed by atoms with Crippen molar-refractivity contribution in [1.29, 1.82) is 0 Å². The molecule has 2 amide bonds. The smallest absolute Gasteiger partial charge is 0.244 e. The van der Waals surface area contributed by atoms with E-state index in [2.05, 4.69) is 5.32 Å². The highest BCUT2D eigenvalue weighted by Gasteiger charge is 2.32. The highest BCUT2D eigenvalue weighted by molar-refractivity contribution is 7.92. The lowest BCUT2D eigenvalue weighted by Gasteiger charge is -2.33. The molecule has 210 valence electrons. The molecule has 10 nitrogen and oxygen atoms in total. The van der Waals surface area contributed by atoms with E-state index in [0.29, 0.717) is 24.5 Å². The Balaban J connectivity index is 2.49. The summed E-state index contributed by atoms with van der Waals surface area (Å²) in [7, 11) is 0.511. The topological polar surface area (TPSA) is 114 Å². The lowest BCUT2D eigenvalue weighted by Crippen LogP contribution is -2.52. The molecule has 0 aromatic heterocycles. The summed E-state index contributed by atoms with van der Waals surface area (Å²) in [5, 5.41) is 2.90. The first-order chi connectivity index (χ1) is 18.1. The monoisotopic (exact) mass is 549 g/mol. The molecule has 1 atom stereocenters. The zero-order chi connectivity index (χ0) is 28.3. The van der Waals surface area contributed by atoms with E-state index in [0.717, 1.165) is 29.0 Å². The van der Waals surface area contributed by atoms with Gasteiger partial charge in [-0.1, -0.05) is 32.4 Å². The van der Waals surface area contributed by atoms with Gasteiger partial charge in [0.1, 0.15) is 29.8 Å². The van der Waals surface area contributed by atoms with Crippen LogP contribution in [0, 0.1) is 0 Å². The molecule has 0 saturated carbocycles. The van der Waals surface area contributed by atoms with Crippen LogP contribution in [-0.2, 0) is 26.2 Å². The second-order valence-electron chi connectivity index (χ2n) is 8.75. The van der Waals surface area contributed by atoms with Crippen LogP contribution < -0.4 is 23.8 Å². The predicted octanol–water partition coefficient (Wildman–Crippen LogP) is 3.20. The zero-order valence-corrected chi connectivity index (χ0v) is 23.8. The maximum absolute atomic E-state index is 13.8. The standard InChI is InChI=1S/C27H39N3O7S/c1-7-9-16-28-27(32)23(8-2)29(18-20-10-12-21(35-3)13-11-20)26(31)19-30(38(6,33)34)24-17-22(36-4)14-15-25(24)37-5/h10-15,17,23H,7-9,16,18-19H2,1-6H3,(H,28,32)/t23-/m1/s1. The van der Waals surface area contributed by atoms with E-state index in [-0.39, 0.29) is 23.9 Å². The van der Waals surface area contributed by atoms with E-state index in [9.17, 15) is 18.0 Å². The molecule has 0 aliphatic heterocycles. The van der Waals surface area contributed by atoms with Crippen LogP contribution in [0.3, 0.4) is 0 Å². The largest absolute Gasteiger partial charge is 0.497 e. The van der Waals surface area contributed by atoms with Crippen molar-refractivity contribution in [2.75, 3.05) is 45.0 Å². The molecule has 0 heterocycles. The first kappa shape index (κ1) is 30.8. The van der Waals surface area contributed by atoms with Crippen molar-refractivity contribution in [1.82, 2.24) is 10.2 Å². The minimum atomic E-state index is -3.92. The van der Waals surface area contributed by atoms with Gasteiger partial charge in [0.15, 0.2) is 0 Å². The van der Waals surface area contributed by atoms with Crippen molar-refractivity contribution in [2.24, 2.45) is 0 Å². The van der Waals surface area contributed by atoms with Gasteiger partial charge in [-0.25, -0.2) is 8.42 Å². The summed E-state index contributed by atoms with van der Waals surface area (Å²) in [6.07, 6.45) is 3.09. The molecule has 0 aliphatic rings. The summed E-state index contributed by atoms with van der Waals surface area (Å²) in [5.41, 5.74) is 0.927. The van der Waals surface area contributed by atoms with Gasteiger partial charge in [0.2, 0.25) is 21.8 Å². The van der Waals surface area contributed by atoms with Crippen molar-refractivity contribution < 1.29 is 32.2 Å². The average molecular weight is 550 g/mol. The van der Waals surface area contributed by atoms with Gasteiger partial charge in [-0.05, 0) is 42.7 Å². The third-order valence-corrected chi connectivity index (χ3v) is 7.19. The summed E-state index contributed by atoms with van der Waals surface area (Å²) in [5.74, 6) is 0.499. The Morgan fingerprint density at radius 2 is 1.58 bits per heavy atom. The first-order valence-corrected chi connectivity index (χ1v) is 14.3. The van der Waals surface area contributed by atoms with Crippen LogP contribution in [0.25, 0.3) is 0 Å². The number of nitrogens with one attached hydrogen (secondary N) is 1. The minimum Gasteiger partial charge on any atom is -0.497 e. The fraction of sp³-hybridized carbons (Fsp3) is 0.481. The molecule has 2 aromatic carbocycles. The molecule has 0 spiro atoms. The number of amides is 2. The van der Waals surface area contributed by atoms with Gasteiger partial charge in [-0.15, -0.1) is 0 Å². The van der Waals surface area contributed by atoms with Gasteiger partial charge >= 0.3 is 0 Å². The number of benzene rings is 2. The Kier molecular flexibility index (Phi) is 11.7. The third-order valence-electron chi connectivity index (χ3n) is 6.06. The number of hydrogen-bond donors (Lipinski definition) is 1. The van der Waals surface area contributed by atoms with Crippen molar-refractivity contribution >= 4 is 27.5 Å². The average Bonchev–Trinajstić information content (AvgIpc) is 2.90. The van der Waals surface area contributed by atoms with Crippen molar-refractivity contribution in [3.8, 4) is 17.2 Å². The molecule has 1 N–H and O–H groups in total. The normalized spacial score (nSPS) is 11.8. The van der Waals surface area contributed by atoms with E-state index < -0.39 is 28.5 Å². The van der Waals surface area contributed by atoms with Crippen LogP contribution >= 0.6 is 0 Å². The summed E-state index contributed by atoms with van der Waals surface area (Å²) in [6.45, 7) is 3.91. The maximum Gasteiger partial charge on any atom is 0.244 e. The van der Waals surface area contributed by atoms with Crippen LogP contribution in [0.2, 0.25) is 0 Å². The van der Waals surface area contributed by atoms with Gasteiger partial charge in [-0.2, -0.15) is 0 Å². The van der Waals surface area contributed by atoms with Gasteiger partial charge < -0.3 is 24.4 Å². The fourth-order valence-electron chi connectivity index (χ4n) is 3.94. The molecule has 0 saturated heterocycles. The van der Waals surface area contributed by atoms with Gasteiger partial charge in [0.25, 0.3) is 0 Å². The molecule has 0 bridgehead atoms. The number of carbonyl (C=O) groups excluding carboxylic acids is 2.